The van der Waals surface area contributed by atoms with E-state index in [4.69, 9.17) is 4.74 Å². The molecule has 2 aliphatic heterocycles. The van der Waals surface area contributed by atoms with E-state index in [1.807, 2.05) is 79.7 Å². The van der Waals surface area contributed by atoms with Gasteiger partial charge in [-0.1, -0.05) is 67.6 Å². The fourth-order valence-corrected chi connectivity index (χ4v) is 7.33. The van der Waals surface area contributed by atoms with Crippen molar-refractivity contribution in [1.82, 2.24) is 4.90 Å². The average Bonchev–Trinajstić information content (AvgIpc) is 3.36. The third-order valence-corrected chi connectivity index (χ3v) is 9.11. The minimum absolute atomic E-state index is 0.0140. The summed E-state index contributed by atoms with van der Waals surface area (Å²) >= 11 is 2.27. The number of para-hydroxylation sites is 1. The summed E-state index contributed by atoms with van der Waals surface area (Å²) in [4.78, 5) is 31.5. The highest BCUT2D eigenvalue weighted by molar-refractivity contribution is 14.1. The summed E-state index contributed by atoms with van der Waals surface area (Å²) in [7, 11) is 0. The monoisotopic (exact) mass is 668 g/mol. The molecule has 5 rings (SSSR count). The Labute approximate surface area is 255 Å². The Kier molecular flexibility index (Phi) is 8.57. The number of aliphatic hydroxyl groups is 2. The lowest BCUT2D eigenvalue weighted by molar-refractivity contribution is -0.150. The summed E-state index contributed by atoms with van der Waals surface area (Å²) in [6.45, 7) is 6.15. The van der Waals surface area contributed by atoms with Gasteiger partial charge >= 0.3 is 0 Å². The number of benzene rings is 3. The van der Waals surface area contributed by atoms with Gasteiger partial charge in [-0.05, 0) is 65.8 Å². The van der Waals surface area contributed by atoms with E-state index in [-0.39, 0.29) is 31.4 Å². The largest absolute Gasteiger partial charge is 0.395 e. The lowest BCUT2D eigenvalue weighted by Gasteiger charge is -2.34. The van der Waals surface area contributed by atoms with E-state index in [2.05, 4.69) is 28.7 Å². The Balaban J connectivity index is 1.48. The van der Waals surface area contributed by atoms with Gasteiger partial charge in [0.2, 0.25) is 5.91 Å². The second-order valence-corrected chi connectivity index (χ2v) is 12.9. The van der Waals surface area contributed by atoms with E-state index >= 15 is 0 Å². The van der Waals surface area contributed by atoms with Crippen LogP contribution in [0.1, 0.15) is 43.9 Å². The van der Waals surface area contributed by atoms with E-state index in [0.717, 1.165) is 25.9 Å². The molecule has 1 saturated heterocycles. The molecule has 2 N–H and O–H groups in total. The van der Waals surface area contributed by atoms with Gasteiger partial charge in [0.15, 0.2) is 5.60 Å². The van der Waals surface area contributed by atoms with Crippen molar-refractivity contribution < 1.29 is 24.5 Å². The molecule has 8 heteroatoms. The molecule has 2 heterocycles. The molecule has 2 amide bonds. The molecule has 3 aromatic rings. The molecule has 0 saturated carbocycles. The number of ether oxygens (including phenoxy) is 1. The van der Waals surface area contributed by atoms with Gasteiger partial charge in [0.05, 0.1) is 37.0 Å². The maximum absolute atomic E-state index is 14.5. The van der Waals surface area contributed by atoms with Crippen LogP contribution in [0, 0.1) is 15.4 Å². The van der Waals surface area contributed by atoms with Crippen molar-refractivity contribution in [3.8, 4) is 0 Å². The van der Waals surface area contributed by atoms with E-state index in [1.165, 1.54) is 0 Å². The number of aliphatic hydroxyl groups excluding tert-OH is 1. The topological polar surface area (TPSA) is 90.3 Å². The van der Waals surface area contributed by atoms with Crippen molar-refractivity contribution in [3.63, 3.8) is 0 Å². The van der Waals surface area contributed by atoms with E-state index in [1.54, 1.807) is 23.6 Å². The maximum Gasteiger partial charge on any atom is 0.264 e. The molecule has 2 aliphatic rings. The summed E-state index contributed by atoms with van der Waals surface area (Å²) in [5, 5.41) is 21.1. The second kappa shape index (κ2) is 11.8. The molecule has 216 valence electrons. The molecule has 0 aliphatic carbocycles. The predicted octanol–water partition coefficient (Wildman–Crippen LogP) is 4.87. The first-order valence-corrected chi connectivity index (χ1v) is 15.1. The van der Waals surface area contributed by atoms with Crippen molar-refractivity contribution >= 4 is 40.1 Å². The van der Waals surface area contributed by atoms with Crippen LogP contribution in [-0.2, 0) is 33.0 Å². The quantitative estimate of drug-likeness (QED) is 0.318. The van der Waals surface area contributed by atoms with Crippen LogP contribution in [-0.4, -0.2) is 51.8 Å². The van der Waals surface area contributed by atoms with Gasteiger partial charge < -0.3 is 24.7 Å². The van der Waals surface area contributed by atoms with Crippen molar-refractivity contribution in [1.29, 1.82) is 0 Å². The first kappa shape index (κ1) is 29.7. The van der Waals surface area contributed by atoms with Crippen molar-refractivity contribution in [2.45, 2.75) is 57.6 Å². The normalized spacial score (nSPS) is 23.7. The zero-order valence-corrected chi connectivity index (χ0v) is 25.8. The Morgan fingerprint density at radius 3 is 2.41 bits per heavy atom. The number of amides is 2. The lowest BCUT2D eigenvalue weighted by atomic mass is 9.71. The Morgan fingerprint density at radius 2 is 1.73 bits per heavy atom. The van der Waals surface area contributed by atoms with E-state index in [0.29, 0.717) is 13.1 Å². The van der Waals surface area contributed by atoms with Gasteiger partial charge in [-0.25, -0.2) is 0 Å². The van der Waals surface area contributed by atoms with Crippen LogP contribution in [0.15, 0.2) is 78.9 Å². The minimum atomic E-state index is -1.32. The molecule has 0 aromatic heterocycles. The van der Waals surface area contributed by atoms with E-state index in [9.17, 15) is 19.8 Å². The molecule has 0 unspecified atom stereocenters. The first-order chi connectivity index (χ1) is 19.6. The Bertz CT molecular complexity index is 1410. The summed E-state index contributed by atoms with van der Waals surface area (Å²) < 4.78 is 7.87. The molecule has 41 heavy (non-hydrogen) atoms. The third-order valence-electron chi connectivity index (χ3n) is 8.44. The van der Waals surface area contributed by atoms with Gasteiger partial charge in [0, 0.05) is 34.1 Å². The van der Waals surface area contributed by atoms with E-state index < -0.39 is 29.1 Å². The zero-order valence-electron chi connectivity index (χ0n) is 23.7. The molecule has 0 radical (unpaired) electrons. The predicted molar refractivity (Wildman–Crippen MR) is 166 cm³/mol. The summed E-state index contributed by atoms with van der Waals surface area (Å²) in [6.07, 6.45) is -0.719. The highest BCUT2D eigenvalue weighted by Gasteiger charge is 2.66. The van der Waals surface area contributed by atoms with Gasteiger partial charge in [-0.3, -0.25) is 9.59 Å². The molecule has 3 aromatic carbocycles. The van der Waals surface area contributed by atoms with Crippen molar-refractivity contribution in [3.05, 3.63) is 99.1 Å². The zero-order chi connectivity index (χ0) is 29.4. The lowest BCUT2D eigenvalue weighted by Crippen LogP contribution is -2.46. The van der Waals surface area contributed by atoms with Gasteiger partial charge in [-0.2, -0.15) is 0 Å². The molecule has 7 nitrogen and oxygen atoms in total. The van der Waals surface area contributed by atoms with Gasteiger partial charge in [-0.15, -0.1) is 0 Å². The number of anilines is 1. The average molecular weight is 669 g/mol. The molecular formula is C33H37IN2O5. The number of fused-ring (bicyclic) bond motifs is 2. The number of hydrogen-bond donors (Lipinski definition) is 2. The Morgan fingerprint density at radius 1 is 1.05 bits per heavy atom. The number of carbonyl (C=O) groups excluding carboxylic acids is 2. The van der Waals surface area contributed by atoms with Crippen molar-refractivity contribution in [2.75, 3.05) is 18.1 Å². The summed E-state index contributed by atoms with van der Waals surface area (Å²) in [6, 6.07) is 25.4. The third kappa shape index (κ3) is 5.67. The molecule has 1 spiro atoms. The highest BCUT2D eigenvalue weighted by atomic mass is 127. The fraction of sp³-hybridized carbons (Fsp3) is 0.394. The molecule has 0 bridgehead atoms. The maximum atomic E-state index is 14.5. The van der Waals surface area contributed by atoms with Crippen LogP contribution >= 0.6 is 22.6 Å². The van der Waals surface area contributed by atoms with Crippen LogP contribution in [0.4, 0.5) is 5.69 Å². The van der Waals surface area contributed by atoms with Crippen LogP contribution in [0.25, 0.3) is 0 Å². The first-order valence-electron chi connectivity index (χ1n) is 14.0. The van der Waals surface area contributed by atoms with Crippen LogP contribution < -0.4 is 4.90 Å². The van der Waals surface area contributed by atoms with Crippen LogP contribution in [0.5, 0.6) is 0 Å². The number of hydrogen-bond acceptors (Lipinski definition) is 5. The van der Waals surface area contributed by atoms with Crippen LogP contribution in [0.2, 0.25) is 0 Å². The fourth-order valence-electron chi connectivity index (χ4n) is 6.72. The van der Waals surface area contributed by atoms with Gasteiger partial charge in [0.25, 0.3) is 5.91 Å². The smallest absolute Gasteiger partial charge is 0.264 e. The van der Waals surface area contributed by atoms with Crippen molar-refractivity contribution in [2.24, 2.45) is 11.8 Å². The summed E-state index contributed by atoms with van der Waals surface area (Å²) in [5.41, 5.74) is 0.980. The second-order valence-electron chi connectivity index (χ2n) is 11.6. The SMILES string of the molecule is C[C@@H]1[C@@H](C(C)(C)O)[C@H](CC(=O)N(CCO)Cc2ccccc2)O[C@@]12C(=O)N(Cc1cccc(I)c1)c1ccccc12. The highest BCUT2D eigenvalue weighted by Crippen LogP contribution is 2.58. The Hall–Kier alpha value is -2.79. The minimum Gasteiger partial charge on any atom is -0.395 e. The van der Waals surface area contributed by atoms with Gasteiger partial charge in [0.1, 0.15) is 0 Å². The summed E-state index contributed by atoms with van der Waals surface area (Å²) in [5.74, 6) is -1.27. The molecular weight excluding hydrogens is 631 g/mol. The molecule has 4 atom stereocenters. The standard InChI is InChI=1S/C33H37IN2O5/c1-22-30(32(2,3)40)28(19-29(38)35(16-17-37)20-23-10-5-4-6-11-23)41-33(22)26-14-7-8-15-27(26)36(31(33)39)21-24-12-9-13-25(34)18-24/h4-15,18,22,28,30,37,40H,16-17,19-21H2,1-3H3/t22-,28+,30-,33+/m1/s1. The van der Waals surface area contributed by atoms with Crippen LogP contribution in [0.3, 0.4) is 0 Å². The number of halogens is 1. The number of carbonyl (C=O) groups is 2. The number of rotatable bonds is 9. The number of nitrogens with zero attached hydrogens (tertiary/aromatic N) is 2. The molecule has 1 fully saturated rings.